The molecule has 0 radical (unpaired) electrons. The van der Waals surface area contributed by atoms with Crippen LogP contribution in [0.2, 0.25) is 0 Å². The summed E-state index contributed by atoms with van der Waals surface area (Å²) < 4.78 is 4.94. The molecule has 1 heterocycles. The monoisotopic (exact) mass is 290 g/mol. The summed E-state index contributed by atoms with van der Waals surface area (Å²) in [6, 6.07) is 9.55. The number of carbonyl (C=O) groups is 2. The van der Waals surface area contributed by atoms with Crippen LogP contribution in [0, 0.1) is 0 Å². The summed E-state index contributed by atoms with van der Waals surface area (Å²) in [5.41, 5.74) is 0.283. The predicted molar refractivity (Wildman–Crippen MR) is 79.9 cm³/mol. The Morgan fingerprint density at radius 3 is 2.67 bits per heavy atom. The molecule has 0 aromatic heterocycles. The topological polar surface area (TPSA) is 58.6 Å². The number of hydrogen-bond acceptors (Lipinski definition) is 4. The third kappa shape index (κ3) is 3.24. The Labute approximate surface area is 125 Å². The summed E-state index contributed by atoms with van der Waals surface area (Å²) in [5, 5.41) is 2.86. The molecule has 0 bridgehead atoms. The zero-order valence-electron chi connectivity index (χ0n) is 12.8. The average Bonchev–Trinajstić information content (AvgIpc) is 2.49. The van der Waals surface area contributed by atoms with Crippen molar-refractivity contribution >= 4 is 11.9 Å². The number of esters is 1. The summed E-state index contributed by atoms with van der Waals surface area (Å²) in [4.78, 5) is 26.2. The summed E-state index contributed by atoms with van der Waals surface area (Å²) in [7, 11) is 1.40. The highest BCUT2D eigenvalue weighted by Gasteiger charge is 2.39. The molecule has 1 fully saturated rings. The zero-order chi connectivity index (χ0) is 15.5. The Morgan fingerprint density at radius 2 is 2.05 bits per heavy atom. The molecule has 1 aliphatic rings. The average molecular weight is 290 g/mol. The van der Waals surface area contributed by atoms with Crippen LogP contribution < -0.4 is 5.32 Å². The fourth-order valence-corrected chi connectivity index (χ4v) is 2.63. The van der Waals surface area contributed by atoms with E-state index in [1.807, 2.05) is 49.1 Å². The second-order valence-electron chi connectivity index (χ2n) is 5.75. The van der Waals surface area contributed by atoms with Crippen LogP contribution in [-0.2, 0) is 14.3 Å². The standard InChI is InChI=1S/C16H22N2O3/c1-16(2)15(20)17-9-10-18(16)11-13(14(19)21-3)12-7-5-4-6-8-12/h4-8,13H,9-11H2,1-3H3,(H,17,20). The quantitative estimate of drug-likeness (QED) is 0.845. The van der Waals surface area contributed by atoms with Crippen LogP contribution in [0.25, 0.3) is 0 Å². The smallest absolute Gasteiger partial charge is 0.314 e. The number of piperazine rings is 1. The van der Waals surface area contributed by atoms with Crippen LogP contribution in [0.4, 0.5) is 0 Å². The molecule has 1 amide bonds. The van der Waals surface area contributed by atoms with Crippen LogP contribution >= 0.6 is 0 Å². The van der Waals surface area contributed by atoms with Crippen molar-refractivity contribution in [2.75, 3.05) is 26.7 Å². The fourth-order valence-electron chi connectivity index (χ4n) is 2.63. The first-order chi connectivity index (χ1) is 9.96. The van der Waals surface area contributed by atoms with Gasteiger partial charge in [0.1, 0.15) is 0 Å². The molecule has 1 unspecified atom stereocenters. The number of nitrogens with one attached hydrogen (secondary N) is 1. The van der Waals surface area contributed by atoms with Crippen LogP contribution in [-0.4, -0.2) is 49.1 Å². The number of carbonyl (C=O) groups excluding carboxylic acids is 2. The van der Waals surface area contributed by atoms with Gasteiger partial charge in [0, 0.05) is 19.6 Å². The first kappa shape index (κ1) is 15.5. The molecule has 5 heteroatoms. The lowest BCUT2D eigenvalue weighted by Gasteiger charge is -2.42. The third-order valence-corrected chi connectivity index (χ3v) is 4.10. The van der Waals surface area contributed by atoms with Crippen molar-refractivity contribution in [1.29, 1.82) is 0 Å². The van der Waals surface area contributed by atoms with Gasteiger partial charge in [-0.3, -0.25) is 14.5 Å². The number of hydrogen-bond donors (Lipinski definition) is 1. The Balaban J connectivity index is 2.23. The fraction of sp³-hybridized carbons (Fsp3) is 0.500. The SMILES string of the molecule is COC(=O)C(CN1CCNC(=O)C1(C)C)c1ccccc1. The van der Waals surface area contributed by atoms with Gasteiger partial charge in [-0.1, -0.05) is 30.3 Å². The molecule has 1 aromatic rings. The van der Waals surface area contributed by atoms with Crippen LogP contribution in [0.5, 0.6) is 0 Å². The second kappa shape index (κ2) is 6.26. The molecule has 1 saturated heterocycles. The van der Waals surface area contributed by atoms with Crippen molar-refractivity contribution in [2.24, 2.45) is 0 Å². The molecule has 0 saturated carbocycles. The molecule has 5 nitrogen and oxygen atoms in total. The Morgan fingerprint density at radius 1 is 1.38 bits per heavy atom. The van der Waals surface area contributed by atoms with Gasteiger partial charge in [-0.25, -0.2) is 0 Å². The van der Waals surface area contributed by atoms with E-state index in [0.29, 0.717) is 13.1 Å². The third-order valence-electron chi connectivity index (χ3n) is 4.10. The molecule has 0 aliphatic carbocycles. The van der Waals surface area contributed by atoms with E-state index >= 15 is 0 Å². The highest BCUT2D eigenvalue weighted by molar-refractivity contribution is 5.86. The number of methoxy groups -OCH3 is 1. The Hall–Kier alpha value is -1.88. The van der Waals surface area contributed by atoms with Gasteiger partial charge in [-0.2, -0.15) is 0 Å². The Bertz CT molecular complexity index is 514. The Kier molecular flexibility index (Phi) is 4.63. The summed E-state index contributed by atoms with van der Waals surface area (Å²) in [6.45, 7) is 5.54. The van der Waals surface area contributed by atoms with Gasteiger partial charge in [0.2, 0.25) is 5.91 Å². The van der Waals surface area contributed by atoms with Gasteiger partial charge in [0.25, 0.3) is 0 Å². The zero-order valence-corrected chi connectivity index (χ0v) is 12.8. The molecule has 1 aromatic carbocycles. The van der Waals surface area contributed by atoms with E-state index in [2.05, 4.69) is 5.32 Å². The van der Waals surface area contributed by atoms with Gasteiger partial charge in [-0.05, 0) is 19.4 Å². The van der Waals surface area contributed by atoms with E-state index in [-0.39, 0.29) is 17.8 Å². The highest BCUT2D eigenvalue weighted by Crippen LogP contribution is 2.24. The molecule has 1 atom stereocenters. The van der Waals surface area contributed by atoms with Gasteiger partial charge in [0.05, 0.1) is 18.6 Å². The minimum Gasteiger partial charge on any atom is -0.469 e. The summed E-state index contributed by atoms with van der Waals surface area (Å²) >= 11 is 0. The minimum absolute atomic E-state index is 0.00886. The number of nitrogens with zero attached hydrogens (tertiary/aromatic N) is 1. The number of amides is 1. The molecular formula is C16H22N2O3. The lowest BCUT2D eigenvalue weighted by Crippen LogP contribution is -2.62. The van der Waals surface area contributed by atoms with Crippen LogP contribution in [0.3, 0.4) is 0 Å². The maximum Gasteiger partial charge on any atom is 0.314 e. The minimum atomic E-state index is -0.626. The largest absolute Gasteiger partial charge is 0.469 e. The van der Waals surface area contributed by atoms with Crippen LogP contribution in [0.1, 0.15) is 25.3 Å². The van der Waals surface area contributed by atoms with Gasteiger partial charge < -0.3 is 10.1 Å². The first-order valence-corrected chi connectivity index (χ1v) is 7.13. The number of rotatable bonds is 4. The molecule has 114 valence electrons. The molecule has 0 spiro atoms. The predicted octanol–water partition coefficient (Wildman–Crippen LogP) is 1.15. The molecule has 1 aliphatic heterocycles. The van der Waals surface area contributed by atoms with Gasteiger partial charge >= 0.3 is 5.97 Å². The highest BCUT2D eigenvalue weighted by atomic mass is 16.5. The molecule has 2 rings (SSSR count). The van der Waals surface area contributed by atoms with Crippen LogP contribution in [0.15, 0.2) is 30.3 Å². The van der Waals surface area contributed by atoms with E-state index in [9.17, 15) is 9.59 Å². The summed E-state index contributed by atoms with van der Waals surface area (Å²) in [6.07, 6.45) is 0. The maximum atomic E-state index is 12.1. The first-order valence-electron chi connectivity index (χ1n) is 7.13. The lowest BCUT2D eigenvalue weighted by molar-refractivity contribution is -0.145. The van der Waals surface area contributed by atoms with Gasteiger partial charge in [-0.15, -0.1) is 0 Å². The van der Waals surface area contributed by atoms with Crippen molar-refractivity contribution in [1.82, 2.24) is 10.2 Å². The molecule has 1 N–H and O–H groups in total. The lowest BCUT2D eigenvalue weighted by atomic mass is 9.93. The molecule has 21 heavy (non-hydrogen) atoms. The van der Waals surface area contributed by atoms with Crippen molar-refractivity contribution in [3.8, 4) is 0 Å². The van der Waals surface area contributed by atoms with E-state index in [0.717, 1.165) is 12.1 Å². The number of benzene rings is 1. The van der Waals surface area contributed by atoms with Crippen molar-refractivity contribution < 1.29 is 14.3 Å². The normalized spacial score (nSPS) is 19.7. The van der Waals surface area contributed by atoms with Crippen molar-refractivity contribution in [3.05, 3.63) is 35.9 Å². The maximum absolute atomic E-state index is 12.1. The van der Waals surface area contributed by atoms with Gasteiger partial charge in [0.15, 0.2) is 0 Å². The van der Waals surface area contributed by atoms with E-state index in [1.54, 1.807) is 0 Å². The summed E-state index contributed by atoms with van der Waals surface area (Å²) in [5.74, 6) is -0.671. The second-order valence-corrected chi connectivity index (χ2v) is 5.75. The van der Waals surface area contributed by atoms with E-state index < -0.39 is 5.54 Å². The van der Waals surface area contributed by atoms with E-state index in [1.165, 1.54) is 7.11 Å². The van der Waals surface area contributed by atoms with Crippen molar-refractivity contribution in [2.45, 2.75) is 25.3 Å². The molecular weight excluding hydrogens is 268 g/mol. The van der Waals surface area contributed by atoms with E-state index in [4.69, 9.17) is 4.74 Å². The number of ether oxygens (including phenoxy) is 1. The van der Waals surface area contributed by atoms with Crippen molar-refractivity contribution in [3.63, 3.8) is 0 Å².